The number of hydrogen-bond donors (Lipinski definition) is 11. The third-order valence-corrected chi connectivity index (χ3v) is 11.4. The topological polar surface area (TPSA) is 354 Å². The molecule has 0 radical (unpaired) electrons. The van der Waals surface area contributed by atoms with Gasteiger partial charge in [-0.15, -0.1) is 0 Å². The summed E-state index contributed by atoms with van der Waals surface area (Å²) < 4.78 is 11.8. The Bertz CT molecular complexity index is 2480. The van der Waals surface area contributed by atoms with Crippen LogP contribution >= 0.6 is 0 Å². The van der Waals surface area contributed by atoms with Gasteiger partial charge in [0.1, 0.15) is 66.7 Å². The maximum Gasteiger partial charge on any atom is 0.326 e. The van der Waals surface area contributed by atoms with Crippen molar-refractivity contribution in [1.82, 2.24) is 30.8 Å². The number of aromatic hydroxyl groups is 1. The number of aliphatic carboxylic acids is 1. The van der Waals surface area contributed by atoms with Gasteiger partial charge in [-0.3, -0.25) is 19.2 Å². The number of carboxylic acid groups (broad SMARTS) is 1. The number of amides is 4. The van der Waals surface area contributed by atoms with Gasteiger partial charge < -0.3 is 73.7 Å². The Labute approximate surface area is 393 Å². The predicted octanol–water partition coefficient (Wildman–Crippen LogP) is 0.378. The average Bonchev–Trinajstić information content (AvgIpc) is 3.29. The maximum absolute atomic E-state index is 14.8. The van der Waals surface area contributed by atoms with Crippen molar-refractivity contribution in [3.05, 3.63) is 82.5 Å². The third kappa shape index (κ3) is 12.3. The highest BCUT2D eigenvalue weighted by Crippen LogP contribution is 2.45. The second-order valence-electron chi connectivity index (χ2n) is 17.7. The quantitative estimate of drug-likeness (QED) is 0.0723. The minimum Gasteiger partial charge on any atom is -0.504 e. The van der Waals surface area contributed by atoms with Crippen molar-refractivity contribution in [1.29, 1.82) is 0 Å². The van der Waals surface area contributed by atoms with Gasteiger partial charge in [-0.25, -0.2) is 14.8 Å². The minimum atomic E-state index is -1.68. The van der Waals surface area contributed by atoms with Crippen molar-refractivity contribution in [3.8, 4) is 39.8 Å². The largest absolute Gasteiger partial charge is 0.504 e. The van der Waals surface area contributed by atoms with Crippen LogP contribution in [0.1, 0.15) is 72.9 Å². The summed E-state index contributed by atoms with van der Waals surface area (Å²) >= 11 is 0. The first-order valence-corrected chi connectivity index (χ1v) is 22.0. The smallest absolute Gasteiger partial charge is 0.326 e. The molecule has 1 aliphatic rings. The second-order valence-corrected chi connectivity index (χ2v) is 17.7. The number of aliphatic hydroxyl groups excluding tert-OH is 2. The summed E-state index contributed by atoms with van der Waals surface area (Å²) in [5, 5.41) is 50.4. The monoisotopic (exact) mass is 942 g/mol. The molecule has 15 N–H and O–H groups in total. The SMILES string of the molecule is Cc1nc(-c2ccc(C(C)(C)C)cc2)nc(N)c1C(=O)N[C@@H](CCN)C(=O)N(C)C1C(=O)NC(C)C(=O)NC(C(=O)O)Cc2ccc(OC[C@H](O)CN)c(c2)-c2cc1cc(OC[C@H](O)CN)c2O. The number of fused-ring (bicyclic) bond motifs is 5. The Morgan fingerprint density at radius 1 is 0.897 bits per heavy atom. The van der Waals surface area contributed by atoms with Crippen LogP contribution in [0.25, 0.3) is 22.5 Å². The molecule has 3 aromatic carbocycles. The van der Waals surface area contributed by atoms with E-state index in [4.69, 9.17) is 32.4 Å². The Hall–Kier alpha value is -6.91. The molecule has 21 heteroatoms. The van der Waals surface area contributed by atoms with Gasteiger partial charge in [0.15, 0.2) is 17.3 Å². The summed E-state index contributed by atoms with van der Waals surface area (Å²) in [4.78, 5) is 79.4. The van der Waals surface area contributed by atoms with Gasteiger partial charge in [-0.05, 0) is 73.2 Å². The molecule has 1 aromatic heterocycles. The lowest BCUT2D eigenvalue weighted by atomic mass is 9.86. The van der Waals surface area contributed by atoms with Gasteiger partial charge in [-0.2, -0.15) is 0 Å². The number of nitrogens with one attached hydrogen (secondary N) is 3. The van der Waals surface area contributed by atoms with Gasteiger partial charge in [0.25, 0.3) is 5.91 Å². The van der Waals surface area contributed by atoms with E-state index in [0.29, 0.717) is 11.1 Å². The van der Waals surface area contributed by atoms with E-state index in [1.807, 2.05) is 24.3 Å². The number of hydrogen-bond acceptors (Lipinski definition) is 16. The van der Waals surface area contributed by atoms with Crippen LogP contribution in [-0.4, -0.2) is 135 Å². The zero-order valence-corrected chi connectivity index (χ0v) is 38.9. The van der Waals surface area contributed by atoms with Crippen LogP contribution in [-0.2, 0) is 31.0 Å². The van der Waals surface area contributed by atoms with Crippen molar-refractivity contribution in [3.63, 3.8) is 0 Å². The summed E-state index contributed by atoms with van der Waals surface area (Å²) in [6.07, 6.45) is -2.70. The lowest BCUT2D eigenvalue weighted by Crippen LogP contribution is -2.55. The van der Waals surface area contributed by atoms with Crippen molar-refractivity contribution < 1.29 is 53.9 Å². The molecule has 0 spiro atoms. The molecule has 5 rings (SSSR count). The molecule has 21 nitrogen and oxygen atoms in total. The van der Waals surface area contributed by atoms with Gasteiger partial charge in [0.05, 0.1) is 5.69 Å². The molecule has 2 heterocycles. The first-order chi connectivity index (χ1) is 32.1. The summed E-state index contributed by atoms with van der Waals surface area (Å²) in [6.45, 7) is 7.94. The number of carbonyl (C=O) groups excluding carboxylic acids is 4. The number of nitrogen functional groups attached to an aromatic ring is 1. The molecule has 4 bridgehead atoms. The number of carboxylic acids is 1. The number of ether oxygens (including phenoxy) is 2. The number of anilines is 1. The summed E-state index contributed by atoms with van der Waals surface area (Å²) in [5.41, 5.74) is 25.8. The number of aryl methyl sites for hydroxylation is 1. The molecule has 6 atom stereocenters. The zero-order chi connectivity index (χ0) is 50.2. The molecular weight excluding hydrogens is 881 g/mol. The number of aromatic nitrogens is 2. The average molecular weight is 943 g/mol. The van der Waals surface area contributed by atoms with Crippen LogP contribution in [0.15, 0.2) is 54.6 Å². The minimum absolute atomic E-state index is 0.00718. The van der Waals surface area contributed by atoms with E-state index < -0.39 is 78.3 Å². The maximum atomic E-state index is 14.8. The van der Waals surface area contributed by atoms with Crippen molar-refractivity contribution in [2.24, 2.45) is 17.2 Å². The van der Waals surface area contributed by atoms with E-state index in [1.165, 1.54) is 44.3 Å². The standard InChI is InChI=1S/C47H62N10O11/c1-23-37(40(51)56-41(52-23)26-8-10-28(11-9-26)47(3,4)5)43(62)54-33(13-14-48)45(64)57(6)38-27-17-32(39(60)36(18-27)68-22-30(59)20-50)31-15-25(7-12-35(31)67-21-29(58)19-49)16-34(46(65)66)55-42(61)24(2)53-44(38)63/h7-12,15,17-18,24,29-30,33-34,38,58-60H,13-14,16,19-22,48-50H2,1-6H3,(H,53,63)(H,54,62)(H,55,61)(H,65,66)(H2,51,52,56)/t24?,29-,30-,33+,34?,38?/m1/s1. The molecule has 4 amide bonds. The van der Waals surface area contributed by atoms with Crippen LogP contribution in [0.4, 0.5) is 5.82 Å². The Balaban J connectivity index is 1.62. The van der Waals surface area contributed by atoms with Gasteiger partial charge in [-0.1, -0.05) is 51.1 Å². The molecule has 0 saturated heterocycles. The van der Waals surface area contributed by atoms with E-state index in [9.17, 15) is 44.4 Å². The number of rotatable bonds is 16. The van der Waals surface area contributed by atoms with E-state index in [0.717, 1.165) is 10.5 Å². The van der Waals surface area contributed by atoms with Crippen LogP contribution in [0, 0.1) is 6.92 Å². The second kappa shape index (κ2) is 22.3. The number of nitrogens with zero attached hydrogens (tertiary/aromatic N) is 3. The molecule has 366 valence electrons. The third-order valence-electron chi connectivity index (χ3n) is 11.4. The number of phenolic OH excluding ortho intramolecular Hbond substituents is 1. The van der Waals surface area contributed by atoms with Crippen LogP contribution < -0.4 is 48.4 Å². The van der Waals surface area contributed by atoms with E-state index in [1.54, 1.807) is 6.92 Å². The molecule has 4 aromatic rings. The lowest BCUT2D eigenvalue weighted by Gasteiger charge is -2.33. The molecule has 68 heavy (non-hydrogen) atoms. The fourth-order valence-corrected chi connectivity index (χ4v) is 7.44. The molecule has 0 saturated carbocycles. The van der Waals surface area contributed by atoms with Crippen molar-refractivity contribution >= 4 is 35.4 Å². The highest BCUT2D eigenvalue weighted by Gasteiger charge is 2.37. The first kappa shape index (κ1) is 52.1. The van der Waals surface area contributed by atoms with Gasteiger partial charge in [0, 0.05) is 43.2 Å². The van der Waals surface area contributed by atoms with Crippen LogP contribution in [0.3, 0.4) is 0 Å². The molecule has 0 fully saturated rings. The molecule has 3 unspecified atom stereocenters. The highest BCUT2D eigenvalue weighted by atomic mass is 16.5. The van der Waals surface area contributed by atoms with E-state index in [-0.39, 0.29) is 95.6 Å². The number of aliphatic hydroxyl groups is 2. The highest BCUT2D eigenvalue weighted by molar-refractivity contribution is 6.02. The fraction of sp³-hybridized carbons (Fsp3) is 0.426. The summed E-state index contributed by atoms with van der Waals surface area (Å²) in [5.74, 6) is -5.47. The van der Waals surface area contributed by atoms with E-state index in [2.05, 4.69) is 46.7 Å². The normalized spacial score (nSPS) is 17.7. The predicted molar refractivity (Wildman–Crippen MR) is 251 cm³/mol. The van der Waals surface area contributed by atoms with Gasteiger partial charge >= 0.3 is 5.97 Å². The van der Waals surface area contributed by atoms with Crippen LogP contribution in [0.2, 0.25) is 0 Å². The summed E-state index contributed by atoms with van der Waals surface area (Å²) in [7, 11) is 1.27. The number of carbonyl (C=O) groups is 5. The number of likely N-dealkylation sites (N-methyl/N-ethyl adjacent to an activating group) is 1. The zero-order valence-electron chi connectivity index (χ0n) is 38.9. The molecule has 0 aliphatic carbocycles. The van der Waals surface area contributed by atoms with Crippen LogP contribution in [0.5, 0.6) is 17.2 Å². The number of phenols is 1. The fourth-order valence-electron chi connectivity index (χ4n) is 7.44. The Morgan fingerprint density at radius 3 is 2.10 bits per heavy atom. The number of nitrogens with two attached hydrogens (primary N) is 4. The Morgan fingerprint density at radius 2 is 1.53 bits per heavy atom. The first-order valence-electron chi connectivity index (χ1n) is 22.0. The van der Waals surface area contributed by atoms with Crippen molar-refractivity contribution in [2.75, 3.05) is 45.6 Å². The summed E-state index contributed by atoms with van der Waals surface area (Å²) in [6, 6.07) is 8.79. The Kier molecular flexibility index (Phi) is 17.0. The lowest BCUT2D eigenvalue weighted by molar-refractivity contribution is -0.143. The number of benzene rings is 3. The molecular formula is C47H62N10O11. The van der Waals surface area contributed by atoms with Crippen molar-refractivity contribution in [2.45, 2.75) is 89.3 Å². The van der Waals surface area contributed by atoms with Gasteiger partial charge in [0.2, 0.25) is 17.7 Å². The van der Waals surface area contributed by atoms with E-state index >= 15 is 0 Å². The molecule has 1 aliphatic heterocycles.